The third-order valence-electron chi connectivity index (χ3n) is 4.32. The van der Waals surface area contributed by atoms with Crippen LogP contribution in [0.1, 0.15) is 43.7 Å². The second-order valence-corrected chi connectivity index (χ2v) is 6.39. The third kappa shape index (κ3) is 7.90. The van der Waals surface area contributed by atoms with Crippen LogP contribution in [0.2, 0.25) is 0 Å². The highest BCUT2D eigenvalue weighted by atomic mass is 16.1. The Balaban J connectivity index is 1.87. The first-order chi connectivity index (χ1) is 11.9. The predicted octanol–water partition coefficient (Wildman–Crippen LogP) is 1.58. The van der Waals surface area contributed by atoms with Crippen LogP contribution in [0.4, 0.5) is 0 Å². The third-order valence-corrected chi connectivity index (χ3v) is 4.32. The van der Waals surface area contributed by atoms with Crippen LogP contribution in [0.15, 0.2) is 30.3 Å². The molecular weight excluding hydrogens is 300 g/mol. The summed E-state index contributed by atoms with van der Waals surface area (Å²) in [6.07, 6.45) is 4.96. The summed E-state index contributed by atoms with van der Waals surface area (Å²) in [6, 6.07) is 10.3. The molecule has 1 unspecified atom stereocenters. The molecule has 1 aliphatic heterocycles. The van der Waals surface area contributed by atoms with Crippen LogP contribution in [-0.4, -0.2) is 45.2 Å². The van der Waals surface area contributed by atoms with Crippen molar-refractivity contribution in [3.05, 3.63) is 35.9 Å². The lowest BCUT2D eigenvalue weighted by Crippen LogP contribution is -2.33. The number of hydrogen-bond donors (Lipinski definition) is 4. The Labute approximate surface area is 146 Å². The minimum absolute atomic E-state index is 0.0833. The van der Waals surface area contributed by atoms with Gasteiger partial charge in [0.25, 0.3) is 0 Å². The van der Waals surface area contributed by atoms with Crippen molar-refractivity contribution in [1.82, 2.24) is 21.3 Å². The predicted molar refractivity (Wildman–Crippen MR) is 99.0 cm³/mol. The van der Waals surface area contributed by atoms with Crippen LogP contribution < -0.4 is 21.3 Å². The van der Waals surface area contributed by atoms with Crippen LogP contribution >= 0.6 is 0 Å². The van der Waals surface area contributed by atoms with E-state index in [4.69, 9.17) is 0 Å². The van der Waals surface area contributed by atoms with Crippen molar-refractivity contribution in [2.75, 3.05) is 39.3 Å². The Kier molecular flexibility index (Phi) is 9.46. The van der Waals surface area contributed by atoms with E-state index >= 15 is 0 Å². The molecule has 134 valence electrons. The molecule has 5 nitrogen and oxygen atoms in total. The van der Waals surface area contributed by atoms with Crippen LogP contribution in [0.5, 0.6) is 0 Å². The molecule has 4 N–H and O–H groups in total. The second kappa shape index (κ2) is 12.0. The van der Waals surface area contributed by atoms with Crippen LogP contribution in [-0.2, 0) is 4.79 Å². The van der Waals surface area contributed by atoms with Gasteiger partial charge in [-0.1, -0.05) is 30.3 Å². The molecule has 0 bridgehead atoms. The summed E-state index contributed by atoms with van der Waals surface area (Å²) in [5, 5.41) is 13.5. The van der Waals surface area contributed by atoms with Gasteiger partial charge in [0.05, 0.1) is 0 Å². The van der Waals surface area contributed by atoms with Gasteiger partial charge in [0.15, 0.2) is 0 Å². The van der Waals surface area contributed by atoms with Crippen LogP contribution in [0.25, 0.3) is 0 Å². The fraction of sp³-hybridized carbons (Fsp3) is 0.632. The molecule has 0 spiro atoms. The molecule has 1 fully saturated rings. The number of nitrogens with one attached hydrogen (secondary N) is 4. The summed E-state index contributed by atoms with van der Waals surface area (Å²) in [7, 11) is 0. The minimum Gasteiger partial charge on any atom is -0.356 e. The molecule has 0 aromatic heterocycles. The van der Waals surface area contributed by atoms with Gasteiger partial charge >= 0.3 is 0 Å². The van der Waals surface area contributed by atoms with Gasteiger partial charge in [-0.15, -0.1) is 0 Å². The van der Waals surface area contributed by atoms with Crippen molar-refractivity contribution in [3.63, 3.8) is 0 Å². The van der Waals surface area contributed by atoms with E-state index in [-0.39, 0.29) is 11.9 Å². The van der Waals surface area contributed by atoms with Crippen molar-refractivity contribution < 1.29 is 4.79 Å². The van der Waals surface area contributed by atoms with Crippen LogP contribution in [0, 0.1) is 0 Å². The molecule has 1 aliphatic rings. The lowest BCUT2D eigenvalue weighted by atomic mass is 10.0. The molecule has 1 heterocycles. The van der Waals surface area contributed by atoms with Crippen LogP contribution in [0.3, 0.4) is 0 Å². The summed E-state index contributed by atoms with van der Waals surface area (Å²) in [4.78, 5) is 12.2. The number of carbonyl (C=O) groups excluding carboxylic acids is 1. The molecule has 1 amide bonds. The molecule has 24 heavy (non-hydrogen) atoms. The Bertz CT molecular complexity index is 452. The summed E-state index contributed by atoms with van der Waals surface area (Å²) in [6.45, 7) is 5.80. The highest BCUT2D eigenvalue weighted by Crippen LogP contribution is 2.16. The standard InChI is InChI=1S/C19H32N4O/c24-19-16-18(17-8-2-1-3-9-17)22-14-6-12-20-10-4-5-11-21-13-7-15-23-19/h1-3,8-9,18,20-22H,4-7,10-16H2,(H,23,24). The quantitative estimate of drug-likeness (QED) is 0.630. The number of rotatable bonds is 1. The van der Waals surface area contributed by atoms with Gasteiger partial charge in [-0.2, -0.15) is 0 Å². The van der Waals surface area contributed by atoms with Crippen molar-refractivity contribution >= 4 is 5.91 Å². The van der Waals surface area contributed by atoms with E-state index in [0.717, 1.165) is 52.1 Å². The van der Waals surface area contributed by atoms with E-state index in [9.17, 15) is 4.79 Å². The molecular formula is C19H32N4O. The van der Waals surface area contributed by atoms with E-state index in [1.807, 2.05) is 18.2 Å². The summed E-state index contributed by atoms with van der Waals surface area (Å²) in [5.41, 5.74) is 1.18. The van der Waals surface area contributed by atoms with E-state index in [1.165, 1.54) is 18.4 Å². The average molecular weight is 332 g/mol. The van der Waals surface area contributed by atoms with Crippen molar-refractivity contribution in [2.24, 2.45) is 0 Å². The van der Waals surface area contributed by atoms with Gasteiger partial charge in [-0.25, -0.2) is 0 Å². The topological polar surface area (TPSA) is 65.2 Å². The summed E-state index contributed by atoms with van der Waals surface area (Å²) < 4.78 is 0. The number of amides is 1. The fourth-order valence-corrected chi connectivity index (χ4v) is 2.93. The monoisotopic (exact) mass is 332 g/mol. The maximum Gasteiger partial charge on any atom is 0.221 e. The van der Waals surface area contributed by atoms with E-state index in [2.05, 4.69) is 33.4 Å². The zero-order valence-corrected chi connectivity index (χ0v) is 14.7. The molecule has 0 saturated carbocycles. The number of carbonyl (C=O) groups is 1. The van der Waals surface area contributed by atoms with Crippen molar-refractivity contribution in [3.8, 4) is 0 Å². The molecule has 5 heteroatoms. The number of hydrogen-bond acceptors (Lipinski definition) is 4. The van der Waals surface area contributed by atoms with Gasteiger partial charge in [-0.3, -0.25) is 4.79 Å². The Morgan fingerprint density at radius 1 is 0.750 bits per heavy atom. The van der Waals surface area contributed by atoms with Gasteiger partial charge in [0.2, 0.25) is 5.91 Å². The highest BCUT2D eigenvalue weighted by Gasteiger charge is 2.15. The first kappa shape index (κ1) is 18.9. The maximum absolute atomic E-state index is 12.2. The highest BCUT2D eigenvalue weighted by molar-refractivity contribution is 5.76. The molecule has 2 rings (SSSR count). The molecule has 1 saturated heterocycles. The molecule has 0 radical (unpaired) electrons. The Morgan fingerprint density at radius 3 is 2.08 bits per heavy atom. The Hall–Kier alpha value is -1.43. The molecule has 1 aromatic carbocycles. The van der Waals surface area contributed by atoms with E-state index < -0.39 is 0 Å². The first-order valence-corrected chi connectivity index (χ1v) is 9.33. The largest absolute Gasteiger partial charge is 0.356 e. The van der Waals surface area contributed by atoms with Gasteiger partial charge < -0.3 is 21.3 Å². The lowest BCUT2D eigenvalue weighted by Gasteiger charge is -2.19. The minimum atomic E-state index is 0.0833. The second-order valence-electron chi connectivity index (χ2n) is 6.39. The fourth-order valence-electron chi connectivity index (χ4n) is 2.93. The maximum atomic E-state index is 12.2. The molecule has 0 aliphatic carbocycles. The summed E-state index contributed by atoms with van der Waals surface area (Å²) in [5.74, 6) is 0.124. The average Bonchev–Trinajstić information content (AvgIpc) is 2.61. The SMILES string of the molecule is O=C1CC(c2ccccc2)NCCCNCCCCNCCCN1. The molecule has 1 atom stereocenters. The number of benzene rings is 1. The van der Waals surface area contributed by atoms with Gasteiger partial charge in [0, 0.05) is 19.0 Å². The normalized spacial score (nSPS) is 23.2. The van der Waals surface area contributed by atoms with Gasteiger partial charge in [-0.05, 0) is 64.0 Å². The van der Waals surface area contributed by atoms with E-state index in [1.54, 1.807) is 0 Å². The smallest absolute Gasteiger partial charge is 0.221 e. The molecule has 1 aromatic rings. The zero-order valence-electron chi connectivity index (χ0n) is 14.7. The zero-order chi connectivity index (χ0) is 16.9. The van der Waals surface area contributed by atoms with Crippen molar-refractivity contribution in [2.45, 2.75) is 38.1 Å². The van der Waals surface area contributed by atoms with E-state index in [0.29, 0.717) is 6.42 Å². The Morgan fingerprint density at radius 2 is 1.38 bits per heavy atom. The van der Waals surface area contributed by atoms with Gasteiger partial charge in [0.1, 0.15) is 0 Å². The first-order valence-electron chi connectivity index (χ1n) is 9.33. The lowest BCUT2D eigenvalue weighted by molar-refractivity contribution is -0.121. The summed E-state index contributed by atoms with van der Waals surface area (Å²) >= 11 is 0. The van der Waals surface area contributed by atoms with Crippen molar-refractivity contribution in [1.29, 1.82) is 0 Å².